The van der Waals surface area contributed by atoms with Crippen molar-refractivity contribution < 1.29 is 4.79 Å². The third kappa shape index (κ3) is 3.49. The van der Waals surface area contributed by atoms with Gasteiger partial charge in [-0.05, 0) is 19.1 Å². The first kappa shape index (κ1) is 14.6. The van der Waals surface area contributed by atoms with Gasteiger partial charge in [-0.25, -0.2) is 5.43 Å². The fourth-order valence-corrected chi connectivity index (χ4v) is 2.07. The highest BCUT2D eigenvalue weighted by Gasteiger charge is 2.06. The molecular formula is C17H15N5O. The van der Waals surface area contributed by atoms with E-state index in [1.807, 2.05) is 31.2 Å². The summed E-state index contributed by atoms with van der Waals surface area (Å²) in [6.07, 6.45) is 6.35. The van der Waals surface area contributed by atoms with Crippen molar-refractivity contribution in [2.45, 2.75) is 6.92 Å². The number of H-pyrrole nitrogens is 1. The summed E-state index contributed by atoms with van der Waals surface area (Å²) < 4.78 is 0. The Labute approximate surface area is 133 Å². The lowest BCUT2D eigenvalue weighted by atomic mass is 10.1. The summed E-state index contributed by atoms with van der Waals surface area (Å²) in [5.74, 6) is -0.288. The van der Waals surface area contributed by atoms with E-state index in [1.54, 1.807) is 36.9 Å². The van der Waals surface area contributed by atoms with E-state index in [0.29, 0.717) is 5.56 Å². The number of nitrogens with zero attached hydrogens (tertiary/aromatic N) is 3. The van der Waals surface area contributed by atoms with E-state index in [-0.39, 0.29) is 5.91 Å². The lowest BCUT2D eigenvalue weighted by molar-refractivity contribution is 0.0955. The summed E-state index contributed by atoms with van der Waals surface area (Å²) in [5.41, 5.74) is 6.84. The van der Waals surface area contributed by atoms with Crippen molar-refractivity contribution in [3.8, 4) is 11.3 Å². The minimum atomic E-state index is -0.288. The van der Waals surface area contributed by atoms with Gasteiger partial charge in [0.15, 0.2) is 0 Å². The van der Waals surface area contributed by atoms with Gasteiger partial charge in [-0.2, -0.15) is 10.2 Å². The summed E-state index contributed by atoms with van der Waals surface area (Å²) in [6, 6.07) is 11.3. The molecule has 0 bridgehead atoms. The molecular weight excluding hydrogens is 290 g/mol. The van der Waals surface area contributed by atoms with Crippen LogP contribution in [0.5, 0.6) is 0 Å². The summed E-state index contributed by atoms with van der Waals surface area (Å²) in [6.45, 7) is 2.04. The highest BCUT2D eigenvalue weighted by Crippen LogP contribution is 2.20. The molecule has 3 aromatic rings. The minimum Gasteiger partial charge on any atom is -0.277 e. The second-order valence-corrected chi connectivity index (χ2v) is 5.00. The molecule has 0 unspecified atom stereocenters. The molecule has 0 saturated heterocycles. The standard InChI is InChI=1S/C17H15N5O/c1-12-2-4-13(5-3-12)16-15(10-19-21-16)11-20-22-17(23)14-6-8-18-9-7-14/h2-11H,1H3,(H,19,21)(H,22,23). The van der Waals surface area contributed by atoms with Crippen LogP contribution in [0, 0.1) is 6.92 Å². The van der Waals surface area contributed by atoms with Crippen LogP contribution in [0.3, 0.4) is 0 Å². The van der Waals surface area contributed by atoms with Crippen molar-refractivity contribution in [3.63, 3.8) is 0 Å². The molecule has 0 fully saturated rings. The summed E-state index contributed by atoms with van der Waals surface area (Å²) in [4.78, 5) is 15.8. The van der Waals surface area contributed by atoms with Crippen LogP contribution in [-0.4, -0.2) is 27.3 Å². The molecule has 0 radical (unpaired) electrons. The van der Waals surface area contributed by atoms with Crippen LogP contribution in [0.1, 0.15) is 21.5 Å². The summed E-state index contributed by atoms with van der Waals surface area (Å²) >= 11 is 0. The molecule has 1 aromatic carbocycles. The predicted octanol–water partition coefficient (Wildman–Crippen LogP) is 2.54. The Hall–Kier alpha value is -3.28. The number of nitrogens with one attached hydrogen (secondary N) is 2. The van der Waals surface area contributed by atoms with Gasteiger partial charge in [-0.3, -0.25) is 14.9 Å². The number of benzene rings is 1. The normalized spacial score (nSPS) is 10.8. The number of aromatic nitrogens is 3. The van der Waals surface area contributed by atoms with Gasteiger partial charge in [0.1, 0.15) is 0 Å². The van der Waals surface area contributed by atoms with Crippen molar-refractivity contribution in [1.29, 1.82) is 0 Å². The molecule has 0 aliphatic rings. The first-order chi connectivity index (χ1) is 11.2. The molecule has 6 nitrogen and oxygen atoms in total. The first-order valence-corrected chi connectivity index (χ1v) is 7.08. The molecule has 0 atom stereocenters. The molecule has 2 heterocycles. The second kappa shape index (κ2) is 6.65. The van der Waals surface area contributed by atoms with Crippen molar-refractivity contribution in [3.05, 3.63) is 71.7 Å². The summed E-state index contributed by atoms with van der Waals surface area (Å²) in [7, 11) is 0. The predicted molar refractivity (Wildman–Crippen MR) is 88.1 cm³/mol. The number of hydrogen-bond donors (Lipinski definition) is 2. The highest BCUT2D eigenvalue weighted by molar-refractivity contribution is 5.95. The van der Waals surface area contributed by atoms with E-state index < -0.39 is 0 Å². The van der Waals surface area contributed by atoms with E-state index >= 15 is 0 Å². The maximum Gasteiger partial charge on any atom is 0.271 e. The van der Waals surface area contributed by atoms with Crippen LogP contribution < -0.4 is 5.43 Å². The average molecular weight is 305 g/mol. The number of aromatic amines is 1. The topological polar surface area (TPSA) is 83.0 Å². The van der Waals surface area contributed by atoms with Crippen LogP contribution in [0.4, 0.5) is 0 Å². The van der Waals surface area contributed by atoms with Crippen LogP contribution in [0.25, 0.3) is 11.3 Å². The molecule has 6 heteroatoms. The van der Waals surface area contributed by atoms with E-state index in [4.69, 9.17) is 0 Å². The third-order valence-electron chi connectivity index (χ3n) is 3.32. The maximum absolute atomic E-state index is 11.9. The van der Waals surface area contributed by atoms with Crippen molar-refractivity contribution in [2.24, 2.45) is 5.10 Å². The smallest absolute Gasteiger partial charge is 0.271 e. The Morgan fingerprint density at radius 1 is 1.17 bits per heavy atom. The Bertz CT molecular complexity index is 822. The van der Waals surface area contributed by atoms with E-state index in [9.17, 15) is 4.79 Å². The molecule has 1 amide bonds. The van der Waals surface area contributed by atoms with E-state index in [2.05, 4.69) is 25.7 Å². The van der Waals surface area contributed by atoms with Crippen LogP contribution >= 0.6 is 0 Å². The number of aryl methyl sites for hydroxylation is 1. The largest absolute Gasteiger partial charge is 0.277 e. The summed E-state index contributed by atoms with van der Waals surface area (Å²) in [5, 5.41) is 11.0. The number of rotatable bonds is 4. The fraction of sp³-hybridized carbons (Fsp3) is 0.0588. The van der Waals surface area contributed by atoms with Gasteiger partial charge < -0.3 is 0 Å². The number of carbonyl (C=O) groups is 1. The quantitative estimate of drug-likeness (QED) is 0.574. The molecule has 2 N–H and O–H groups in total. The minimum absolute atomic E-state index is 0.288. The van der Waals surface area contributed by atoms with Crippen molar-refractivity contribution in [1.82, 2.24) is 20.6 Å². The van der Waals surface area contributed by atoms with Crippen LogP contribution in [0.15, 0.2) is 60.1 Å². The average Bonchev–Trinajstić information content (AvgIpc) is 3.05. The Kier molecular flexibility index (Phi) is 4.24. The zero-order valence-corrected chi connectivity index (χ0v) is 12.5. The highest BCUT2D eigenvalue weighted by atomic mass is 16.2. The van der Waals surface area contributed by atoms with Crippen LogP contribution in [-0.2, 0) is 0 Å². The lowest BCUT2D eigenvalue weighted by Gasteiger charge is -2.01. The van der Waals surface area contributed by atoms with Crippen molar-refractivity contribution in [2.75, 3.05) is 0 Å². The molecule has 0 saturated carbocycles. The molecule has 0 aliphatic carbocycles. The number of carbonyl (C=O) groups excluding carboxylic acids is 1. The molecule has 0 spiro atoms. The number of amides is 1. The van der Waals surface area contributed by atoms with Gasteiger partial charge in [-0.15, -0.1) is 0 Å². The van der Waals surface area contributed by atoms with Gasteiger partial charge in [0.2, 0.25) is 0 Å². The zero-order chi connectivity index (χ0) is 16.1. The number of pyridine rings is 1. The van der Waals surface area contributed by atoms with Gasteiger partial charge in [0, 0.05) is 29.1 Å². The number of hydrazone groups is 1. The SMILES string of the molecule is Cc1ccc(-c2[nH]ncc2C=NNC(=O)c2ccncc2)cc1. The fourth-order valence-electron chi connectivity index (χ4n) is 2.07. The van der Waals surface area contributed by atoms with Gasteiger partial charge in [0.25, 0.3) is 5.91 Å². The monoisotopic (exact) mass is 305 g/mol. The Balaban J connectivity index is 1.73. The lowest BCUT2D eigenvalue weighted by Crippen LogP contribution is -2.17. The molecule has 2 aromatic heterocycles. The van der Waals surface area contributed by atoms with Gasteiger partial charge >= 0.3 is 0 Å². The zero-order valence-electron chi connectivity index (χ0n) is 12.5. The second-order valence-electron chi connectivity index (χ2n) is 5.00. The molecule has 3 rings (SSSR count). The van der Waals surface area contributed by atoms with Crippen LogP contribution in [0.2, 0.25) is 0 Å². The maximum atomic E-state index is 11.9. The van der Waals surface area contributed by atoms with Gasteiger partial charge in [0.05, 0.1) is 18.1 Å². The van der Waals surface area contributed by atoms with Gasteiger partial charge in [-0.1, -0.05) is 29.8 Å². The number of hydrogen-bond acceptors (Lipinski definition) is 4. The Morgan fingerprint density at radius 3 is 2.65 bits per heavy atom. The molecule has 23 heavy (non-hydrogen) atoms. The molecule has 0 aliphatic heterocycles. The third-order valence-corrected chi connectivity index (χ3v) is 3.32. The van der Waals surface area contributed by atoms with E-state index in [0.717, 1.165) is 16.8 Å². The first-order valence-electron chi connectivity index (χ1n) is 7.08. The van der Waals surface area contributed by atoms with E-state index in [1.165, 1.54) is 5.56 Å². The van der Waals surface area contributed by atoms with Crippen molar-refractivity contribution >= 4 is 12.1 Å². The molecule has 114 valence electrons. The Morgan fingerprint density at radius 2 is 1.91 bits per heavy atom.